The van der Waals surface area contributed by atoms with Crippen molar-refractivity contribution in [2.45, 2.75) is 12.8 Å². The van der Waals surface area contributed by atoms with Gasteiger partial charge in [-0.2, -0.15) is 0 Å². The average molecular weight is 270 g/mol. The Morgan fingerprint density at radius 1 is 1.12 bits per heavy atom. The number of nitrogens with zero attached hydrogens (tertiary/aromatic N) is 1. The van der Waals surface area contributed by atoms with Crippen LogP contribution in [0, 0.1) is 5.92 Å². The zero-order valence-electron chi connectivity index (χ0n) is 8.66. The highest BCUT2D eigenvalue weighted by Crippen LogP contribution is 2.19. The van der Waals surface area contributed by atoms with Crippen LogP contribution in [0.25, 0.3) is 0 Å². The molecule has 0 aromatic heterocycles. The van der Waals surface area contributed by atoms with E-state index in [2.05, 4.69) is 4.74 Å². The number of hydrogen-bond acceptors (Lipinski definition) is 4. The maximum Gasteiger partial charge on any atom is 0.410 e. The lowest BCUT2D eigenvalue weighted by Gasteiger charge is -2.29. The van der Waals surface area contributed by atoms with Crippen LogP contribution in [0.4, 0.5) is 4.79 Å². The minimum atomic E-state index is -0.445. The molecule has 92 valence electrons. The van der Waals surface area contributed by atoms with Crippen molar-refractivity contribution >= 4 is 35.3 Å². The van der Waals surface area contributed by atoms with Crippen LogP contribution in [0.2, 0.25) is 0 Å². The van der Waals surface area contributed by atoms with Crippen molar-refractivity contribution in [3.63, 3.8) is 0 Å². The van der Waals surface area contributed by atoms with E-state index in [1.807, 2.05) is 0 Å². The first-order valence-corrected chi connectivity index (χ1v) is 5.96. The van der Waals surface area contributed by atoms with E-state index in [0.29, 0.717) is 25.9 Å². The second-order valence-corrected chi connectivity index (χ2v) is 3.79. The first-order valence-electron chi connectivity index (χ1n) is 4.89. The predicted molar refractivity (Wildman–Crippen MR) is 58.3 cm³/mol. The van der Waals surface area contributed by atoms with Crippen LogP contribution in [0.15, 0.2) is 0 Å². The van der Waals surface area contributed by atoms with Gasteiger partial charge in [-0.15, -0.1) is 0 Å². The van der Waals surface area contributed by atoms with E-state index in [0.717, 1.165) is 0 Å². The van der Waals surface area contributed by atoms with E-state index >= 15 is 0 Å². The number of ether oxygens (including phenoxy) is 2. The summed E-state index contributed by atoms with van der Waals surface area (Å²) in [7, 11) is 0. The molecule has 0 bridgehead atoms. The van der Waals surface area contributed by atoms with Gasteiger partial charge in [-0.3, -0.25) is 4.79 Å². The number of hydrogen-bond donors (Lipinski definition) is 0. The second kappa shape index (κ2) is 6.81. The standard InChI is InChI=1S/C9H13Cl2NO4/c10-5-15-8(13)7-1-3-12(4-2-7)9(14)16-6-11/h7H,1-6H2. The van der Waals surface area contributed by atoms with Crippen molar-refractivity contribution in [2.24, 2.45) is 5.92 Å². The number of carbonyl (C=O) groups is 2. The van der Waals surface area contributed by atoms with Gasteiger partial charge in [0.05, 0.1) is 5.92 Å². The Kier molecular flexibility index (Phi) is 5.69. The van der Waals surface area contributed by atoms with E-state index in [-0.39, 0.29) is 24.0 Å². The van der Waals surface area contributed by atoms with E-state index < -0.39 is 6.09 Å². The van der Waals surface area contributed by atoms with Gasteiger partial charge in [-0.1, -0.05) is 23.2 Å². The third kappa shape index (κ3) is 3.72. The first-order chi connectivity index (χ1) is 7.69. The zero-order valence-corrected chi connectivity index (χ0v) is 10.2. The molecule has 1 saturated heterocycles. The van der Waals surface area contributed by atoms with Crippen LogP contribution in [0.5, 0.6) is 0 Å². The Labute approximate surface area is 104 Å². The van der Waals surface area contributed by atoms with Gasteiger partial charge >= 0.3 is 12.1 Å². The van der Waals surface area contributed by atoms with Gasteiger partial charge in [0.15, 0.2) is 12.1 Å². The third-order valence-electron chi connectivity index (χ3n) is 2.46. The lowest BCUT2D eigenvalue weighted by atomic mass is 9.97. The maximum absolute atomic E-state index is 11.3. The molecule has 7 heteroatoms. The summed E-state index contributed by atoms with van der Waals surface area (Å²) in [5, 5.41) is 0. The lowest BCUT2D eigenvalue weighted by molar-refractivity contribution is -0.147. The molecule has 1 aliphatic heterocycles. The minimum Gasteiger partial charge on any atom is -0.449 e. The summed E-state index contributed by atoms with van der Waals surface area (Å²) in [6.07, 6.45) is 0.680. The SMILES string of the molecule is O=C(OCCl)C1CCN(C(=O)OCCl)CC1. The summed E-state index contributed by atoms with van der Waals surface area (Å²) in [5.74, 6) is -0.487. The van der Waals surface area contributed by atoms with E-state index in [4.69, 9.17) is 27.9 Å². The molecule has 1 amide bonds. The molecule has 1 heterocycles. The number of esters is 1. The quantitative estimate of drug-likeness (QED) is 0.579. The molecule has 16 heavy (non-hydrogen) atoms. The number of carbonyl (C=O) groups excluding carboxylic acids is 2. The van der Waals surface area contributed by atoms with Gasteiger partial charge in [0.25, 0.3) is 0 Å². The molecule has 0 radical (unpaired) electrons. The fourth-order valence-corrected chi connectivity index (χ4v) is 1.81. The largest absolute Gasteiger partial charge is 0.449 e. The lowest BCUT2D eigenvalue weighted by Crippen LogP contribution is -2.40. The van der Waals surface area contributed by atoms with Crippen molar-refractivity contribution in [1.82, 2.24) is 4.90 Å². The number of amides is 1. The number of halogens is 2. The van der Waals surface area contributed by atoms with Crippen molar-refractivity contribution in [1.29, 1.82) is 0 Å². The highest BCUT2D eigenvalue weighted by molar-refractivity contribution is 6.17. The van der Waals surface area contributed by atoms with Crippen LogP contribution < -0.4 is 0 Å². The Morgan fingerprint density at radius 2 is 1.69 bits per heavy atom. The molecule has 0 aromatic carbocycles. The molecule has 0 N–H and O–H groups in total. The van der Waals surface area contributed by atoms with Crippen molar-refractivity contribution in [3.05, 3.63) is 0 Å². The normalized spacial score (nSPS) is 17.0. The summed E-state index contributed by atoms with van der Waals surface area (Å²) in [4.78, 5) is 24.1. The maximum atomic E-state index is 11.3. The van der Waals surface area contributed by atoms with Crippen molar-refractivity contribution in [3.8, 4) is 0 Å². The van der Waals surface area contributed by atoms with Crippen LogP contribution in [0.3, 0.4) is 0 Å². The third-order valence-corrected chi connectivity index (χ3v) is 2.68. The first kappa shape index (κ1) is 13.4. The number of piperidine rings is 1. The van der Waals surface area contributed by atoms with Crippen LogP contribution >= 0.6 is 23.2 Å². The van der Waals surface area contributed by atoms with Crippen molar-refractivity contribution in [2.75, 3.05) is 25.2 Å². The molecule has 1 aliphatic rings. The van der Waals surface area contributed by atoms with Gasteiger partial charge in [-0.25, -0.2) is 4.79 Å². The molecule has 1 rings (SSSR count). The molecule has 5 nitrogen and oxygen atoms in total. The topological polar surface area (TPSA) is 55.8 Å². The van der Waals surface area contributed by atoms with Crippen LogP contribution in [0.1, 0.15) is 12.8 Å². The Morgan fingerprint density at radius 3 is 2.19 bits per heavy atom. The van der Waals surface area contributed by atoms with Gasteiger partial charge in [0.1, 0.15) is 0 Å². The summed E-state index contributed by atoms with van der Waals surface area (Å²) in [6.45, 7) is 0.940. The molecule has 0 atom stereocenters. The Bertz CT molecular complexity index is 228. The summed E-state index contributed by atoms with van der Waals surface area (Å²) in [5.41, 5.74) is 0. The molecule has 0 aliphatic carbocycles. The summed E-state index contributed by atoms with van der Waals surface area (Å²) in [6, 6.07) is -0.291. The molecule has 0 spiro atoms. The molecular weight excluding hydrogens is 257 g/mol. The van der Waals surface area contributed by atoms with Gasteiger partial charge in [-0.05, 0) is 12.8 Å². The van der Waals surface area contributed by atoms with Crippen molar-refractivity contribution < 1.29 is 19.1 Å². The number of rotatable bonds is 3. The Hall–Kier alpha value is -0.680. The highest BCUT2D eigenvalue weighted by Gasteiger charge is 2.28. The van der Waals surface area contributed by atoms with Crippen LogP contribution in [-0.4, -0.2) is 42.2 Å². The predicted octanol–water partition coefficient (Wildman–Crippen LogP) is 1.77. The second-order valence-electron chi connectivity index (χ2n) is 3.35. The monoisotopic (exact) mass is 269 g/mol. The summed E-state index contributed by atoms with van der Waals surface area (Å²) >= 11 is 10.6. The fourth-order valence-electron chi connectivity index (χ4n) is 1.61. The molecular formula is C9H13Cl2NO4. The molecule has 0 aromatic rings. The summed E-state index contributed by atoms with van der Waals surface area (Å²) < 4.78 is 9.33. The van der Waals surface area contributed by atoms with Gasteiger partial charge in [0, 0.05) is 13.1 Å². The van der Waals surface area contributed by atoms with Gasteiger partial charge < -0.3 is 14.4 Å². The highest BCUT2D eigenvalue weighted by atomic mass is 35.5. The molecule has 0 unspecified atom stereocenters. The Balaban J connectivity index is 2.33. The molecule has 1 fully saturated rings. The zero-order chi connectivity index (χ0) is 12.0. The smallest absolute Gasteiger partial charge is 0.410 e. The average Bonchev–Trinajstić information content (AvgIpc) is 2.30. The van der Waals surface area contributed by atoms with E-state index in [1.54, 1.807) is 0 Å². The molecule has 0 saturated carbocycles. The minimum absolute atomic E-state index is 0.132. The fraction of sp³-hybridized carbons (Fsp3) is 0.778. The van der Waals surface area contributed by atoms with E-state index in [9.17, 15) is 9.59 Å². The van der Waals surface area contributed by atoms with Gasteiger partial charge in [0.2, 0.25) is 0 Å². The van der Waals surface area contributed by atoms with E-state index in [1.165, 1.54) is 4.90 Å². The number of likely N-dealkylation sites (tertiary alicyclic amines) is 1. The van der Waals surface area contributed by atoms with Crippen LogP contribution in [-0.2, 0) is 14.3 Å². The number of alkyl halides is 2.